The number of rotatable bonds is 6. The summed E-state index contributed by atoms with van der Waals surface area (Å²) < 4.78 is 35.8. The van der Waals surface area contributed by atoms with Crippen molar-refractivity contribution in [1.29, 1.82) is 0 Å². The van der Waals surface area contributed by atoms with E-state index in [-0.39, 0.29) is 30.5 Å². The van der Waals surface area contributed by atoms with Crippen molar-refractivity contribution in [3.8, 4) is 0 Å². The van der Waals surface area contributed by atoms with Crippen LogP contribution in [0.1, 0.15) is 116 Å². The molecule has 0 aromatic heterocycles. The van der Waals surface area contributed by atoms with Gasteiger partial charge in [-0.2, -0.15) is 0 Å². The van der Waals surface area contributed by atoms with Crippen LogP contribution in [0, 0.1) is 5.92 Å². The third-order valence-corrected chi connectivity index (χ3v) is 11.9. The summed E-state index contributed by atoms with van der Waals surface area (Å²) in [5.41, 5.74) is 12.3. The number of hydrogen-bond acceptors (Lipinski definition) is 13. The molecule has 0 amide bonds. The molecular formula is C50H51NO12. The van der Waals surface area contributed by atoms with Crippen molar-refractivity contribution in [3.63, 3.8) is 0 Å². The molecule has 0 saturated carbocycles. The molecule has 4 aromatic rings. The Kier molecular flexibility index (Phi) is 14.5. The van der Waals surface area contributed by atoms with E-state index < -0.39 is 0 Å². The molecule has 13 nitrogen and oxygen atoms in total. The molecule has 7 aliphatic rings. The summed E-state index contributed by atoms with van der Waals surface area (Å²) in [4.78, 5) is 57.6. The van der Waals surface area contributed by atoms with Gasteiger partial charge in [-0.1, -0.05) is 48.0 Å². The van der Waals surface area contributed by atoms with Gasteiger partial charge in [-0.25, -0.2) is 19.2 Å². The lowest BCUT2D eigenvalue weighted by atomic mass is 9.91. The van der Waals surface area contributed by atoms with E-state index in [0.717, 1.165) is 143 Å². The average molecular weight is 858 g/mol. The Labute approximate surface area is 366 Å². The second-order valence-electron chi connectivity index (χ2n) is 16.3. The van der Waals surface area contributed by atoms with Crippen LogP contribution in [0.25, 0.3) is 6.08 Å². The van der Waals surface area contributed by atoms with Gasteiger partial charge >= 0.3 is 23.9 Å². The lowest BCUT2D eigenvalue weighted by Crippen LogP contribution is -2.35. The van der Waals surface area contributed by atoms with Gasteiger partial charge in [0.15, 0.2) is 0 Å². The Morgan fingerprint density at radius 1 is 0.508 bits per heavy atom. The number of cyclic esters (lactones) is 4. The smallest absolute Gasteiger partial charge is 0.338 e. The highest BCUT2D eigenvalue weighted by Gasteiger charge is 2.24. The molecule has 0 N–H and O–H groups in total. The molecule has 4 aromatic carbocycles. The predicted octanol–water partition coefficient (Wildman–Crippen LogP) is 7.24. The quantitative estimate of drug-likeness (QED) is 0.109. The molecule has 7 heterocycles. The minimum absolute atomic E-state index is 0.183. The molecule has 0 atom stereocenters. The van der Waals surface area contributed by atoms with E-state index in [1.165, 1.54) is 16.7 Å². The standard InChI is InChI=1S/C14H16O3.C14H14O3.C13H15NO3.C9H6O3/c2*15-14-13-2-1-11(8-12(13)9-17-14)7-10-3-5-16-6-4-10;15-13-12-2-1-10(7-11(12)9-17-13)8-14-3-5-16-6-4-14;10-4-6-1-2-8-7(3-6)5-12-9(8)11/h1-2,8,10H,3-7,9H2;1-2,7-8H,3-6,9H2;1-2,7H,3-6,8-9H2;1-4H,5H2. The van der Waals surface area contributed by atoms with Crippen LogP contribution in [-0.2, 0) is 72.6 Å². The van der Waals surface area contributed by atoms with Crippen LogP contribution in [0.15, 0.2) is 78.4 Å². The highest BCUT2D eigenvalue weighted by atomic mass is 16.5. The Balaban J connectivity index is 0.000000116. The third kappa shape index (κ3) is 11.3. The Morgan fingerprint density at radius 2 is 0.952 bits per heavy atom. The average Bonchev–Trinajstić information content (AvgIpc) is 4.10. The topological polar surface area (TPSA) is 153 Å². The summed E-state index contributed by atoms with van der Waals surface area (Å²) in [5, 5.41) is 0. The zero-order chi connectivity index (χ0) is 43.5. The van der Waals surface area contributed by atoms with E-state index in [9.17, 15) is 24.0 Å². The number of fused-ring (bicyclic) bond motifs is 4. The lowest BCUT2D eigenvalue weighted by Gasteiger charge is -2.26. The maximum absolute atomic E-state index is 11.3. The van der Waals surface area contributed by atoms with Crippen molar-refractivity contribution >= 4 is 36.2 Å². The van der Waals surface area contributed by atoms with Gasteiger partial charge in [0.1, 0.15) is 32.7 Å². The van der Waals surface area contributed by atoms with Crippen molar-refractivity contribution in [3.05, 3.63) is 145 Å². The molecule has 0 radical (unpaired) electrons. The molecule has 13 heteroatoms. The fourth-order valence-corrected chi connectivity index (χ4v) is 8.38. The number of benzene rings is 4. The van der Waals surface area contributed by atoms with Crippen molar-refractivity contribution in [1.82, 2.24) is 4.90 Å². The summed E-state index contributed by atoms with van der Waals surface area (Å²) in [7, 11) is 0. The highest BCUT2D eigenvalue weighted by molar-refractivity contribution is 5.95. The van der Waals surface area contributed by atoms with Crippen molar-refractivity contribution in [2.75, 3.05) is 52.7 Å². The number of carbonyl (C=O) groups excluding carboxylic acids is 5. The SMILES string of the molecule is O=C1OCc2cc(C=C3CCOCC3)ccc21.O=C1OCc2cc(CC3CCOCC3)ccc21.O=C1OCc2cc(CN3CCOCC3)ccc21.O=Cc1ccc2c(c1)COC2=O. The first kappa shape index (κ1) is 43.7. The molecule has 3 fully saturated rings. The first-order chi connectivity index (χ1) is 30.8. The first-order valence-corrected chi connectivity index (χ1v) is 21.6. The van der Waals surface area contributed by atoms with E-state index in [4.69, 9.17) is 33.2 Å². The Morgan fingerprint density at radius 3 is 1.51 bits per heavy atom. The predicted molar refractivity (Wildman–Crippen MR) is 229 cm³/mol. The Bertz CT molecular complexity index is 2280. The van der Waals surface area contributed by atoms with E-state index >= 15 is 0 Å². The van der Waals surface area contributed by atoms with E-state index in [1.807, 2.05) is 36.4 Å². The number of carbonyl (C=O) groups is 5. The van der Waals surface area contributed by atoms with Gasteiger partial charge in [0.25, 0.3) is 0 Å². The second-order valence-corrected chi connectivity index (χ2v) is 16.3. The molecule has 0 bridgehead atoms. The first-order valence-electron chi connectivity index (χ1n) is 21.6. The number of aldehydes is 1. The number of ether oxygens (including phenoxy) is 7. The fourth-order valence-electron chi connectivity index (χ4n) is 8.38. The number of nitrogens with zero attached hydrogens (tertiary/aromatic N) is 1. The number of morpholine rings is 1. The molecule has 0 spiro atoms. The Hall–Kier alpha value is -5.99. The van der Waals surface area contributed by atoms with Crippen LogP contribution in [0.4, 0.5) is 0 Å². The van der Waals surface area contributed by atoms with Gasteiger partial charge < -0.3 is 33.2 Å². The summed E-state index contributed by atoms with van der Waals surface area (Å²) in [5.74, 6) is -0.164. The molecule has 0 aliphatic carbocycles. The minimum atomic E-state index is -0.303. The molecular weight excluding hydrogens is 807 g/mol. The summed E-state index contributed by atoms with van der Waals surface area (Å²) in [6.07, 6.45) is 8.34. The van der Waals surface area contributed by atoms with Gasteiger partial charge in [-0.15, -0.1) is 0 Å². The van der Waals surface area contributed by atoms with Crippen molar-refractivity contribution in [2.24, 2.45) is 5.92 Å². The van der Waals surface area contributed by atoms with E-state index in [0.29, 0.717) is 36.5 Å². The monoisotopic (exact) mass is 857 g/mol. The van der Waals surface area contributed by atoms with Gasteiger partial charge in [-0.05, 0) is 91.1 Å². The maximum Gasteiger partial charge on any atom is 0.338 e. The van der Waals surface area contributed by atoms with Crippen LogP contribution >= 0.6 is 0 Å². The van der Waals surface area contributed by atoms with Gasteiger partial charge in [0.2, 0.25) is 0 Å². The molecule has 7 aliphatic heterocycles. The number of esters is 4. The molecule has 11 rings (SSSR count). The summed E-state index contributed by atoms with van der Waals surface area (Å²) in [6.45, 7) is 9.47. The highest BCUT2D eigenvalue weighted by Crippen LogP contribution is 2.27. The van der Waals surface area contributed by atoms with Crippen LogP contribution in [0.2, 0.25) is 0 Å². The number of hydrogen-bond donors (Lipinski definition) is 0. The van der Waals surface area contributed by atoms with Crippen LogP contribution in [0.3, 0.4) is 0 Å². The van der Waals surface area contributed by atoms with Crippen LogP contribution in [0.5, 0.6) is 0 Å². The fraction of sp³-hybridized carbons (Fsp3) is 0.380. The van der Waals surface area contributed by atoms with Crippen molar-refractivity contribution < 1.29 is 57.1 Å². The van der Waals surface area contributed by atoms with Gasteiger partial charge in [0, 0.05) is 60.7 Å². The molecule has 3 saturated heterocycles. The van der Waals surface area contributed by atoms with Crippen LogP contribution in [-0.4, -0.2) is 87.8 Å². The molecule has 63 heavy (non-hydrogen) atoms. The van der Waals surface area contributed by atoms with Gasteiger partial charge in [0.05, 0.1) is 48.7 Å². The minimum Gasteiger partial charge on any atom is -0.457 e. The van der Waals surface area contributed by atoms with E-state index in [2.05, 4.69) is 29.2 Å². The molecule has 0 unspecified atom stereocenters. The summed E-state index contributed by atoms with van der Waals surface area (Å²) >= 11 is 0. The lowest BCUT2D eigenvalue weighted by molar-refractivity contribution is 0.0341. The van der Waals surface area contributed by atoms with Crippen molar-refractivity contribution in [2.45, 2.75) is 65.1 Å². The second kappa shape index (κ2) is 20.9. The largest absolute Gasteiger partial charge is 0.457 e. The van der Waals surface area contributed by atoms with Gasteiger partial charge in [-0.3, -0.25) is 9.69 Å². The van der Waals surface area contributed by atoms with E-state index in [1.54, 1.807) is 18.2 Å². The molecule has 328 valence electrons. The normalized spacial score (nSPS) is 18.6. The zero-order valence-corrected chi connectivity index (χ0v) is 35.2. The third-order valence-electron chi connectivity index (χ3n) is 11.9. The van der Waals surface area contributed by atoms with Crippen LogP contribution < -0.4 is 0 Å². The summed E-state index contributed by atoms with van der Waals surface area (Å²) in [6, 6.07) is 22.8. The zero-order valence-electron chi connectivity index (χ0n) is 35.2. The maximum atomic E-state index is 11.3.